The molecule has 1 aromatic carbocycles. The number of nitrogens with one attached hydrogen (secondary N) is 1. The highest BCUT2D eigenvalue weighted by Gasteiger charge is 2.52. The Balaban J connectivity index is 1.97. The maximum atomic E-state index is 13.9. The monoisotopic (exact) mass is 339 g/mol. The Kier molecular flexibility index (Phi) is 2.90. The summed E-state index contributed by atoms with van der Waals surface area (Å²) in [5.41, 5.74) is 2.44. The molecule has 2 N–H and O–H groups in total. The van der Waals surface area contributed by atoms with Gasteiger partial charge in [0.15, 0.2) is 11.6 Å². The van der Waals surface area contributed by atoms with Crippen molar-refractivity contribution in [2.45, 2.75) is 50.0 Å². The number of piperidine rings is 1. The van der Waals surface area contributed by atoms with Gasteiger partial charge in [-0.1, -0.05) is 12.8 Å². The number of hydrogen-bond donors (Lipinski definition) is 2. The first-order chi connectivity index (χ1) is 9.63. The van der Waals surface area contributed by atoms with Crippen LogP contribution in [-0.4, -0.2) is 17.7 Å². The summed E-state index contributed by atoms with van der Waals surface area (Å²) in [4.78, 5) is 0. The van der Waals surface area contributed by atoms with Gasteiger partial charge >= 0.3 is 0 Å². The molecule has 1 heterocycles. The summed E-state index contributed by atoms with van der Waals surface area (Å²) in [6, 6.07) is 2.04. The Morgan fingerprint density at radius 2 is 2.20 bits per heavy atom. The van der Waals surface area contributed by atoms with Crippen LogP contribution in [0.1, 0.15) is 43.2 Å². The lowest BCUT2D eigenvalue weighted by atomic mass is 9.53. The zero-order valence-corrected chi connectivity index (χ0v) is 13.0. The molecule has 4 heteroatoms. The third-order valence-corrected chi connectivity index (χ3v) is 6.55. The van der Waals surface area contributed by atoms with Crippen LogP contribution in [0.25, 0.3) is 0 Å². The van der Waals surface area contributed by atoms with Crippen LogP contribution >= 0.6 is 15.9 Å². The van der Waals surface area contributed by atoms with E-state index in [1.807, 2.05) is 0 Å². The Hall–Kier alpha value is -0.610. The molecule has 1 aromatic rings. The standard InChI is InChI=1S/C16H19BrFNO/c17-14-13-9(7-11(18)15(14)20)8-12-10-3-1-2-4-16(10,13)5-6-19-12/h7,10,12,19-20H,1-6,8H2/t10-,12+,16+/m1/s1. The third kappa shape index (κ3) is 1.58. The van der Waals surface area contributed by atoms with E-state index in [1.165, 1.54) is 31.2 Å². The predicted octanol–water partition coefficient (Wildman–Crippen LogP) is 3.64. The molecule has 1 saturated heterocycles. The first-order valence-corrected chi connectivity index (χ1v) is 8.36. The summed E-state index contributed by atoms with van der Waals surface area (Å²) in [6.07, 6.45) is 6.95. The van der Waals surface area contributed by atoms with E-state index >= 15 is 0 Å². The van der Waals surface area contributed by atoms with Crippen LogP contribution in [0, 0.1) is 11.7 Å². The number of benzene rings is 1. The van der Waals surface area contributed by atoms with Crippen molar-refractivity contribution < 1.29 is 9.50 Å². The molecular weight excluding hydrogens is 321 g/mol. The lowest BCUT2D eigenvalue weighted by Crippen LogP contribution is -2.59. The lowest BCUT2D eigenvalue weighted by Gasteiger charge is -2.56. The minimum Gasteiger partial charge on any atom is -0.504 e. The van der Waals surface area contributed by atoms with E-state index in [0.717, 1.165) is 24.9 Å². The van der Waals surface area contributed by atoms with E-state index in [9.17, 15) is 9.50 Å². The summed E-state index contributed by atoms with van der Waals surface area (Å²) in [5, 5.41) is 13.6. The van der Waals surface area contributed by atoms with Crippen LogP contribution in [0.2, 0.25) is 0 Å². The number of hydrogen-bond acceptors (Lipinski definition) is 2. The number of phenols is 1. The van der Waals surface area contributed by atoms with E-state index in [1.54, 1.807) is 6.07 Å². The number of halogens is 2. The Morgan fingerprint density at radius 3 is 3.05 bits per heavy atom. The van der Waals surface area contributed by atoms with Gasteiger partial charge in [0, 0.05) is 11.5 Å². The van der Waals surface area contributed by atoms with Crippen molar-refractivity contribution in [1.29, 1.82) is 0 Å². The van der Waals surface area contributed by atoms with E-state index in [2.05, 4.69) is 21.2 Å². The van der Waals surface area contributed by atoms with Gasteiger partial charge in [0.1, 0.15) is 0 Å². The first kappa shape index (κ1) is 13.1. The fourth-order valence-corrected chi connectivity index (χ4v) is 5.87. The molecule has 2 bridgehead atoms. The van der Waals surface area contributed by atoms with E-state index in [4.69, 9.17) is 0 Å². The van der Waals surface area contributed by atoms with Gasteiger partial charge in [-0.15, -0.1) is 0 Å². The predicted molar refractivity (Wildman–Crippen MR) is 79.5 cm³/mol. The Bertz CT molecular complexity index is 572. The summed E-state index contributed by atoms with van der Waals surface area (Å²) in [5.74, 6) is -0.0718. The summed E-state index contributed by atoms with van der Waals surface area (Å²) in [7, 11) is 0. The van der Waals surface area contributed by atoms with Crippen molar-refractivity contribution in [3.63, 3.8) is 0 Å². The van der Waals surface area contributed by atoms with Crippen molar-refractivity contribution in [3.05, 3.63) is 27.5 Å². The normalized spacial score (nSPS) is 35.3. The molecule has 3 aliphatic rings. The largest absolute Gasteiger partial charge is 0.504 e. The van der Waals surface area contributed by atoms with Crippen molar-refractivity contribution in [2.24, 2.45) is 5.92 Å². The number of aromatic hydroxyl groups is 1. The van der Waals surface area contributed by atoms with Crippen LogP contribution in [-0.2, 0) is 11.8 Å². The van der Waals surface area contributed by atoms with Gasteiger partial charge in [-0.05, 0) is 71.3 Å². The van der Waals surface area contributed by atoms with Gasteiger partial charge in [0.25, 0.3) is 0 Å². The minimum absolute atomic E-state index is 0.145. The average Bonchev–Trinajstić information content (AvgIpc) is 2.44. The highest BCUT2D eigenvalue weighted by atomic mass is 79.9. The van der Waals surface area contributed by atoms with Gasteiger partial charge in [0.05, 0.1) is 4.47 Å². The summed E-state index contributed by atoms with van der Waals surface area (Å²) in [6.45, 7) is 1.03. The lowest BCUT2D eigenvalue weighted by molar-refractivity contribution is 0.0785. The van der Waals surface area contributed by atoms with E-state index < -0.39 is 5.82 Å². The smallest absolute Gasteiger partial charge is 0.166 e. The maximum absolute atomic E-state index is 13.9. The fraction of sp³-hybridized carbons (Fsp3) is 0.625. The van der Waals surface area contributed by atoms with Gasteiger partial charge in [0.2, 0.25) is 0 Å². The summed E-state index contributed by atoms with van der Waals surface area (Å²) >= 11 is 3.49. The van der Waals surface area contributed by atoms with Crippen LogP contribution in [0.15, 0.2) is 10.5 Å². The number of phenolic OH excluding ortho intramolecular Hbond substituents is 1. The van der Waals surface area contributed by atoms with Crippen molar-refractivity contribution in [3.8, 4) is 5.75 Å². The number of rotatable bonds is 0. The van der Waals surface area contributed by atoms with Crippen LogP contribution in [0.5, 0.6) is 5.75 Å². The van der Waals surface area contributed by atoms with Crippen LogP contribution in [0.4, 0.5) is 4.39 Å². The minimum atomic E-state index is -0.501. The average molecular weight is 340 g/mol. The Morgan fingerprint density at radius 1 is 1.35 bits per heavy atom. The SMILES string of the molecule is Oc1c(F)cc2c(c1Br)[C@]13CCCC[C@@H]1[C@H](C2)NCC3. The second-order valence-electron chi connectivity index (χ2n) is 6.58. The van der Waals surface area contributed by atoms with E-state index in [-0.39, 0.29) is 11.2 Å². The van der Waals surface area contributed by atoms with Gasteiger partial charge < -0.3 is 10.4 Å². The molecule has 108 valence electrons. The quantitative estimate of drug-likeness (QED) is 0.756. The molecule has 1 aliphatic heterocycles. The van der Waals surface area contributed by atoms with E-state index in [0.29, 0.717) is 16.4 Å². The van der Waals surface area contributed by atoms with Gasteiger partial charge in [-0.3, -0.25) is 0 Å². The molecule has 0 amide bonds. The van der Waals surface area contributed by atoms with Crippen molar-refractivity contribution in [2.75, 3.05) is 6.54 Å². The highest BCUT2D eigenvalue weighted by Crippen LogP contribution is 2.57. The second-order valence-corrected chi connectivity index (χ2v) is 7.37. The topological polar surface area (TPSA) is 32.3 Å². The molecule has 4 rings (SSSR count). The van der Waals surface area contributed by atoms with Crippen LogP contribution < -0.4 is 5.32 Å². The molecule has 0 aromatic heterocycles. The molecule has 3 atom stereocenters. The molecule has 0 unspecified atom stereocenters. The van der Waals surface area contributed by atoms with Crippen molar-refractivity contribution in [1.82, 2.24) is 5.32 Å². The first-order valence-electron chi connectivity index (χ1n) is 7.57. The molecule has 0 spiro atoms. The van der Waals surface area contributed by atoms with Crippen molar-refractivity contribution >= 4 is 15.9 Å². The highest BCUT2D eigenvalue weighted by molar-refractivity contribution is 9.10. The zero-order valence-electron chi connectivity index (χ0n) is 11.4. The second kappa shape index (κ2) is 4.44. The Labute approximate surface area is 126 Å². The molecule has 2 fully saturated rings. The molecule has 1 saturated carbocycles. The molecule has 2 aliphatic carbocycles. The maximum Gasteiger partial charge on any atom is 0.166 e. The molecule has 2 nitrogen and oxygen atoms in total. The third-order valence-electron chi connectivity index (χ3n) is 5.77. The molecular formula is C16H19BrFNO. The molecule has 20 heavy (non-hydrogen) atoms. The molecule has 0 radical (unpaired) electrons. The fourth-order valence-electron chi connectivity index (χ4n) is 5.03. The van der Waals surface area contributed by atoms with Crippen LogP contribution in [0.3, 0.4) is 0 Å². The summed E-state index contributed by atoms with van der Waals surface area (Å²) < 4.78 is 14.5. The van der Waals surface area contributed by atoms with Gasteiger partial charge in [-0.2, -0.15) is 0 Å². The van der Waals surface area contributed by atoms with Gasteiger partial charge in [-0.25, -0.2) is 4.39 Å². The number of fused-ring (bicyclic) bond motifs is 1. The zero-order chi connectivity index (χ0) is 13.9.